The molecule has 0 aromatic rings. The molecule has 0 aromatic carbocycles. The Kier molecular flexibility index (Phi) is 179. The topological polar surface area (TPSA) is 20.2 Å². The van der Waals surface area contributed by atoms with Gasteiger partial charge in [-0.3, -0.25) is 0 Å². The van der Waals surface area contributed by atoms with Crippen molar-refractivity contribution in [2.45, 2.75) is 0 Å². The third kappa shape index (κ3) is 22.1. The molecule has 0 aliphatic heterocycles. The summed E-state index contributed by atoms with van der Waals surface area (Å²) in [5.41, 5.74) is 0. The first-order valence-corrected chi connectivity index (χ1v) is 1.32. The first kappa shape index (κ1) is 26.7. The third-order valence-corrected chi connectivity index (χ3v) is 0. The number of hydrogen-bond donors (Lipinski definition) is 1. The summed E-state index contributed by atoms with van der Waals surface area (Å²) in [5, 5.41) is 0. The SMILES string of the molecule is [Br-].[Br-].[Br-].[OH][Zr+3]. The van der Waals surface area contributed by atoms with Crippen LogP contribution in [0.5, 0.6) is 0 Å². The van der Waals surface area contributed by atoms with Gasteiger partial charge in [-0.1, -0.05) is 0 Å². The molecule has 1 N–H and O–H groups in total. The first-order chi connectivity index (χ1) is 1.00. The van der Waals surface area contributed by atoms with Gasteiger partial charge in [0.25, 0.3) is 0 Å². The first-order valence-electron chi connectivity index (χ1n) is 0.224. The van der Waals surface area contributed by atoms with Gasteiger partial charge in [-0.2, -0.15) is 0 Å². The van der Waals surface area contributed by atoms with Crippen molar-refractivity contribution in [2.75, 3.05) is 0 Å². The van der Waals surface area contributed by atoms with Crippen molar-refractivity contribution in [1.82, 2.24) is 0 Å². The van der Waals surface area contributed by atoms with Crippen LogP contribution in [0.15, 0.2) is 0 Å². The Balaban J connectivity index is -0.00000000167. The molecule has 0 unspecified atom stereocenters. The molecule has 0 spiro atoms. The fourth-order valence-electron chi connectivity index (χ4n) is 0. The van der Waals surface area contributed by atoms with Gasteiger partial charge in [0, 0.05) is 0 Å². The summed E-state index contributed by atoms with van der Waals surface area (Å²) in [7, 11) is 0. The third-order valence-electron chi connectivity index (χ3n) is 0. The summed E-state index contributed by atoms with van der Waals surface area (Å²) in [6.45, 7) is 0. The Labute approximate surface area is 78.3 Å². The normalized spacial score (nSPS) is 1.40. The second-order valence-electron chi connectivity index (χ2n) is 0. The van der Waals surface area contributed by atoms with E-state index in [-0.39, 0.29) is 50.9 Å². The Morgan fingerprint density at radius 2 is 0.800 bits per heavy atom. The molecule has 0 aliphatic rings. The molecule has 0 rings (SSSR count). The number of rotatable bonds is 0. The monoisotopic (exact) mass is 344 g/mol. The second kappa shape index (κ2) is 33.6. The molecule has 5 heavy (non-hydrogen) atoms. The zero-order chi connectivity index (χ0) is 2.00. The molecule has 0 radical (unpaired) electrons. The van der Waals surface area contributed by atoms with Crippen molar-refractivity contribution in [3.8, 4) is 0 Å². The van der Waals surface area contributed by atoms with E-state index in [9.17, 15) is 0 Å². The predicted molar refractivity (Wildman–Crippen MR) is 2.22 cm³/mol. The summed E-state index contributed by atoms with van der Waals surface area (Å²) in [4.78, 5) is 0. The van der Waals surface area contributed by atoms with Crippen LogP contribution in [0.2, 0.25) is 0 Å². The standard InChI is InChI=1S/3BrH.H2O.Zr/h3*1H;1H2;/q;;;;+4/p-4. The van der Waals surface area contributed by atoms with Crippen LogP contribution in [-0.2, 0) is 25.2 Å². The van der Waals surface area contributed by atoms with E-state index in [0.29, 0.717) is 25.2 Å². The van der Waals surface area contributed by atoms with E-state index < -0.39 is 0 Å². The maximum atomic E-state index is 7.09. The molecular formula is HBr3OZr. The van der Waals surface area contributed by atoms with Crippen LogP contribution in [0.25, 0.3) is 0 Å². The van der Waals surface area contributed by atoms with E-state index in [1.54, 1.807) is 0 Å². The fourth-order valence-corrected chi connectivity index (χ4v) is 0. The van der Waals surface area contributed by atoms with E-state index in [4.69, 9.17) is 3.18 Å². The van der Waals surface area contributed by atoms with E-state index in [1.165, 1.54) is 0 Å². The summed E-state index contributed by atoms with van der Waals surface area (Å²) in [6, 6.07) is 0. The van der Waals surface area contributed by atoms with E-state index in [1.807, 2.05) is 0 Å². The maximum absolute atomic E-state index is 7.09. The van der Waals surface area contributed by atoms with Crippen molar-refractivity contribution in [1.29, 1.82) is 0 Å². The Morgan fingerprint density at radius 1 is 0.800 bits per heavy atom. The van der Waals surface area contributed by atoms with Crippen LogP contribution in [0.3, 0.4) is 0 Å². The molecule has 0 heterocycles. The van der Waals surface area contributed by atoms with Gasteiger partial charge in [-0.05, 0) is 0 Å². The minimum atomic E-state index is 0. The van der Waals surface area contributed by atoms with Crippen molar-refractivity contribution < 1.29 is 79.3 Å². The van der Waals surface area contributed by atoms with Gasteiger partial charge in [0.1, 0.15) is 0 Å². The summed E-state index contributed by atoms with van der Waals surface area (Å²) in [5.74, 6) is 0. The summed E-state index contributed by atoms with van der Waals surface area (Å²) in [6.07, 6.45) is 0. The second-order valence-corrected chi connectivity index (χ2v) is 0. The summed E-state index contributed by atoms with van der Waals surface area (Å²) < 4.78 is 7.09. The molecule has 0 aliphatic carbocycles. The van der Waals surface area contributed by atoms with Gasteiger partial charge in [0.05, 0.1) is 0 Å². The van der Waals surface area contributed by atoms with Gasteiger partial charge < -0.3 is 50.9 Å². The van der Waals surface area contributed by atoms with E-state index in [2.05, 4.69) is 0 Å². The molecule has 0 fully saturated rings. The van der Waals surface area contributed by atoms with Crippen molar-refractivity contribution >= 4 is 0 Å². The molecule has 0 amide bonds. The van der Waals surface area contributed by atoms with E-state index in [0.717, 1.165) is 0 Å². The van der Waals surface area contributed by atoms with E-state index >= 15 is 0 Å². The van der Waals surface area contributed by atoms with Crippen LogP contribution >= 0.6 is 0 Å². The van der Waals surface area contributed by atoms with Crippen molar-refractivity contribution in [2.24, 2.45) is 0 Å². The van der Waals surface area contributed by atoms with Crippen LogP contribution in [0.1, 0.15) is 0 Å². The molecule has 0 saturated carbocycles. The van der Waals surface area contributed by atoms with Crippen LogP contribution in [0, 0.1) is 0 Å². The zero-order valence-electron chi connectivity index (χ0n) is 2.08. The number of halogens is 3. The van der Waals surface area contributed by atoms with Crippen LogP contribution < -0.4 is 50.9 Å². The Hall–Kier alpha value is 2.28. The Bertz CT molecular complexity index is 6.85. The van der Waals surface area contributed by atoms with Crippen molar-refractivity contribution in [3.05, 3.63) is 0 Å². The molecule has 0 aromatic heterocycles. The van der Waals surface area contributed by atoms with Crippen LogP contribution in [-0.4, -0.2) is 3.18 Å². The van der Waals surface area contributed by atoms with Gasteiger partial charge in [-0.25, -0.2) is 0 Å². The van der Waals surface area contributed by atoms with Crippen LogP contribution in [0.4, 0.5) is 0 Å². The molecule has 0 atom stereocenters. The zero-order valence-corrected chi connectivity index (χ0v) is 9.30. The van der Waals surface area contributed by atoms with Crippen molar-refractivity contribution in [3.63, 3.8) is 0 Å². The average Bonchev–Trinajstić information content (AvgIpc) is 1.00. The molecule has 32 valence electrons. The van der Waals surface area contributed by atoms with Gasteiger partial charge >= 0.3 is 28.3 Å². The molecular weight excluding hydrogens is 347 g/mol. The number of hydrogen-bond acceptors (Lipinski definition) is 1. The predicted octanol–water partition coefficient (Wildman–Crippen LogP) is -9.55. The van der Waals surface area contributed by atoms with Gasteiger partial charge in [0.15, 0.2) is 0 Å². The molecule has 0 bridgehead atoms. The summed E-state index contributed by atoms with van der Waals surface area (Å²) >= 11 is 0.550. The fraction of sp³-hybridized carbons (Fsp3) is 0. The Morgan fingerprint density at radius 3 is 0.800 bits per heavy atom. The minimum absolute atomic E-state index is 0. The quantitative estimate of drug-likeness (QED) is 0.461. The van der Waals surface area contributed by atoms with Gasteiger partial charge in [-0.15, -0.1) is 0 Å². The average molecular weight is 348 g/mol. The molecule has 0 saturated heterocycles. The molecule has 1 nitrogen and oxygen atoms in total. The molecule has 5 heteroatoms. The van der Waals surface area contributed by atoms with Gasteiger partial charge in [0.2, 0.25) is 0 Å².